The molecule has 38 heavy (non-hydrogen) atoms. The van der Waals surface area contributed by atoms with Gasteiger partial charge in [-0.1, -0.05) is 12.5 Å². The van der Waals surface area contributed by atoms with Gasteiger partial charge in [-0.2, -0.15) is 4.31 Å². The lowest BCUT2D eigenvalue weighted by atomic mass is 9.99. The molecule has 1 aliphatic rings. The number of hydrogen-bond donors (Lipinski definition) is 1. The molecule has 1 N–H and O–H groups in total. The first kappa shape index (κ1) is 27.2. The molecule has 1 fully saturated rings. The molecule has 0 spiro atoms. The van der Waals surface area contributed by atoms with Gasteiger partial charge in [-0.25, -0.2) is 8.42 Å². The van der Waals surface area contributed by atoms with Crippen LogP contribution in [0.4, 0.5) is 5.69 Å². The largest absolute Gasteiger partial charge is 0.493 e. The smallest absolute Gasteiger partial charge is 0.248 e. The van der Waals surface area contributed by atoms with Crippen LogP contribution in [0.1, 0.15) is 36.4 Å². The molecule has 2 heterocycles. The number of amides is 1. The highest BCUT2D eigenvalue weighted by Crippen LogP contribution is 2.38. The van der Waals surface area contributed by atoms with Crippen molar-refractivity contribution in [3.8, 4) is 17.2 Å². The summed E-state index contributed by atoms with van der Waals surface area (Å²) in [5.74, 6) is 1.04. The number of carbonyl (C=O) groups is 1. The number of anilines is 1. The van der Waals surface area contributed by atoms with E-state index in [1.165, 1.54) is 39.5 Å². The molecule has 1 aromatic heterocycles. The number of pyridine rings is 1. The van der Waals surface area contributed by atoms with Gasteiger partial charge in [0.15, 0.2) is 11.5 Å². The molecule has 0 bridgehead atoms. The van der Waals surface area contributed by atoms with Crippen molar-refractivity contribution in [3.63, 3.8) is 0 Å². The third kappa shape index (κ3) is 5.98. The zero-order valence-electron chi connectivity index (χ0n) is 21.6. The Bertz CT molecular complexity index is 1370. The van der Waals surface area contributed by atoms with Crippen LogP contribution >= 0.6 is 0 Å². The lowest BCUT2D eigenvalue weighted by Crippen LogP contribution is -2.38. The van der Waals surface area contributed by atoms with Gasteiger partial charge in [0, 0.05) is 30.7 Å². The molecule has 10 heteroatoms. The summed E-state index contributed by atoms with van der Waals surface area (Å²) in [6.07, 6.45) is 8.91. The van der Waals surface area contributed by atoms with Crippen LogP contribution < -0.4 is 19.5 Å². The lowest BCUT2D eigenvalue weighted by Gasteiger charge is -2.34. The van der Waals surface area contributed by atoms with Crippen molar-refractivity contribution in [2.24, 2.45) is 0 Å². The quantitative estimate of drug-likeness (QED) is 0.395. The Morgan fingerprint density at radius 1 is 1.03 bits per heavy atom. The average Bonchev–Trinajstić information content (AvgIpc) is 2.96. The fourth-order valence-corrected chi connectivity index (χ4v) is 6.18. The number of nitrogens with one attached hydrogen (secondary N) is 1. The summed E-state index contributed by atoms with van der Waals surface area (Å²) < 4.78 is 44.5. The summed E-state index contributed by atoms with van der Waals surface area (Å²) in [4.78, 5) is 16.9. The fourth-order valence-electron chi connectivity index (χ4n) is 4.50. The molecule has 0 aliphatic carbocycles. The van der Waals surface area contributed by atoms with Gasteiger partial charge in [0.05, 0.1) is 32.3 Å². The van der Waals surface area contributed by atoms with E-state index in [0.29, 0.717) is 35.0 Å². The van der Waals surface area contributed by atoms with E-state index in [4.69, 9.17) is 14.2 Å². The van der Waals surface area contributed by atoms with Crippen LogP contribution in [0.15, 0.2) is 71.9 Å². The summed E-state index contributed by atoms with van der Waals surface area (Å²) in [6, 6.07) is 13.1. The topological polar surface area (TPSA) is 107 Å². The number of carbonyl (C=O) groups excluding carboxylic acids is 1. The average molecular weight is 538 g/mol. The van der Waals surface area contributed by atoms with Crippen molar-refractivity contribution in [2.75, 3.05) is 33.2 Å². The van der Waals surface area contributed by atoms with Gasteiger partial charge >= 0.3 is 0 Å². The number of benzene rings is 2. The molecule has 4 rings (SSSR count). The van der Waals surface area contributed by atoms with Crippen LogP contribution in [0.5, 0.6) is 17.2 Å². The highest BCUT2D eigenvalue weighted by atomic mass is 32.2. The van der Waals surface area contributed by atoms with Crippen molar-refractivity contribution < 1.29 is 27.4 Å². The first-order chi connectivity index (χ1) is 18.4. The number of nitrogens with zero attached hydrogens (tertiary/aromatic N) is 2. The molecule has 1 saturated heterocycles. The minimum Gasteiger partial charge on any atom is -0.493 e. The number of methoxy groups -OCH3 is 3. The number of sulfonamides is 1. The second-order valence-electron chi connectivity index (χ2n) is 8.72. The number of aromatic nitrogens is 1. The zero-order valence-corrected chi connectivity index (χ0v) is 22.4. The first-order valence-electron chi connectivity index (χ1n) is 12.2. The van der Waals surface area contributed by atoms with E-state index in [9.17, 15) is 13.2 Å². The van der Waals surface area contributed by atoms with E-state index in [-0.39, 0.29) is 16.8 Å². The minimum atomic E-state index is -3.72. The molecular formula is C28H31N3O6S. The van der Waals surface area contributed by atoms with Gasteiger partial charge in [-0.05, 0) is 72.5 Å². The van der Waals surface area contributed by atoms with Crippen LogP contribution in [0.25, 0.3) is 6.08 Å². The maximum Gasteiger partial charge on any atom is 0.248 e. The van der Waals surface area contributed by atoms with Crippen molar-refractivity contribution in [1.29, 1.82) is 0 Å². The SMILES string of the molecule is COc1cc(C=CC(=O)Nc2ccc(S(=O)(=O)N3CCCCC3c3cccnc3)cc2)cc(OC)c1OC. The Kier molecular flexibility index (Phi) is 8.65. The molecule has 1 amide bonds. The van der Waals surface area contributed by atoms with E-state index in [2.05, 4.69) is 10.3 Å². The van der Waals surface area contributed by atoms with E-state index in [1.54, 1.807) is 47.0 Å². The number of ether oxygens (including phenoxy) is 3. The number of rotatable bonds is 9. The van der Waals surface area contributed by atoms with Crippen molar-refractivity contribution >= 4 is 27.7 Å². The van der Waals surface area contributed by atoms with Gasteiger partial charge in [0.25, 0.3) is 0 Å². The Hall–Kier alpha value is -3.89. The molecule has 200 valence electrons. The molecule has 0 saturated carbocycles. The van der Waals surface area contributed by atoms with Crippen LogP contribution in [-0.4, -0.2) is 51.5 Å². The van der Waals surface area contributed by atoms with Crippen LogP contribution in [0, 0.1) is 0 Å². The highest BCUT2D eigenvalue weighted by molar-refractivity contribution is 7.89. The normalized spacial score (nSPS) is 16.2. The Morgan fingerprint density at radius 2 is 1.74 bits per heavy atom. The highest BCUT2D eigenvalue weighted by Gasteiger charge is 2.34. The molecule has 0 radical (unpaired) electrons. The Labute approximate surface area is 223 Å². The number of hydrogen-bond acceptors (Lipinski definition) is 7. The molecular weight excluding hydrogens is 506 g/mol. The van der Waals surface area contributed by atoms with Gasteiger partial charge in [0.2, 0.25) is 21.7 Å². The van der Waals surface area contributed by atoms with E-state index in [0.717, 1.165) is 24.8 Å². The second-order valence-corrected chi connectivity index (χ2v) is 10.6. The molecule has 1 aliphatic heterocycles. The monoisotopic (exact) mass is 537 g/mol. The van der Waals surface area contributed by atoms with Crippen molar-refractivity contribution in [3.05, 3.63) is 78.1 Å². The molecule has 1 unspecified atom stereocenters. The standard InChI is InChI=1S/C28H31N3O6S/c1-35-25-17-20(18-26(36-2)28(25)37-3)9-14-27(32)30-22-10-12-23(13-11-22)38(33,34)31-16-5-4-8-24(31)21-7-6-15-29-19-21/h6-7,9-15,17-19,24H,4-5,8,16H2,1-3H3,(H,30,32). The third-order valence-electron chi connectivity index (χ3n) is 6.37. The van der Waals surface area contributed by atoms with Crippen LogP contribution in [0.3, 0.4) is 0 Å². The van der Waals surface area contributed by atoms with Crippen LogP contribution in [-0.2, 0) is 14.8 Å². The lowest BCUT2D eigenvalue weighted by molar-refractivity contribution is -0.111. The van der Waals surface area contributed by atoms with Crippen molar-refractivity contribution in [1.82, 2.24) is 9.29 Å². The maximum absolute atomic E-state index is 13.5. The van der Waals surface area contributed by atoms with E-state index < -0.39 is 10.0 Å². The van der Waals surface area contributed by atoms with E-state index in [1.807, 2.05) is 12.1 Å². The van der Waals surface area contributed by atoms with Gasteiger partial charge < -0.3 is 19.5 Å². The summed E-state index contributed by atoms with van der Waals surface area (Å²) in [6.45, 7) is 0.451. The van der Waals surface area contributed by atoms with E-state index >= 15 is 0 Å². The first-order valence-corrected chi connectivity index (χ1v) is 13.6. The fraction of sp³-hybridized carbons (Fsp3) is 0.286. The predicted octanol–water partition coefficient (Wildman–Crippen LogP) is 4.68. The molecule has 3 aromatic rings. The molecule has 9 nitrogen and oxygen atoms in total. The second kappa shape index (κ2) is 12.1. The maximum atomic E-state index is 13.5. The number of piperidine rings is 1. The summed E-state index contributed by atoms with van der Waals surface area (Å²) in [5.41, 5.74) is 2.05. The Balaban J connectivity index is 1.46. The summed E-state index contributed by atoms with van der Waals surface area (Å²) in [5, 5.41) is 2.76. The molecule has 1 atom stereocenters. The van der Waals surface area contributed by atoms with Crippen LogP contribution in [0.2, 0.25) is 0 Å². The third-order valence-corrected chi connectivity index (χ3v) is 8.29. The van der Waals surface area contributed by atoms with Gasteiger partial charge in [-0.15, -0.1) is 0 Å². The van der Waals surface area contributed by atoms with Crippen molar-refractivity contribution in [2.45, 2.75) is 30.2 Å². The Morgan fingerprint density at radius 3 is 2.34 bits per heavy atom. The summed E-state index contributed by atoms with van der Waals surface area (Å²) >= 11 is 0. The predicted molar refractivity (Wildman–Crippen MR) is 145 cm³/mol. The summed E-state index contributed by atoms with van der Waals surface area (Å²) in [7, 11) is 0.833. The molecule has 2 aromatic carbocycles. The van der Waals surface area contributed by atoms with Gasteiger partial charge in [-0.3, -0.25) is 9.78 Å². The van der Waals surface area contributed by atoms with Gasteiger partial charge in [0.1, 0.15) is 0 Å². The minimum absolute atomic E-state index is 0.180. The zero-order chi connectivity index (χ0) is 27.1.